The van der Waals surface area contributed by atoms with Crippen LogP contribution in [0, 0.1) is 6.92 Å². The minimum absolute atomic E-state index is 0.416. The molecule has 0 fully saturated rings. The highest BCUT2D eigenvalue weighted by Gasteiger charge is 1.94. The number of amidine groups is 1. The zero-order valence-electron chi connectivity index (χ0n) is 10.2. The second-order valence-electron chi connectivity index (χ2n) is 4.01. The molecule has 0 aliphatic heterocycles. The minimum atomic E-state index is 0.416. The molecular weight excluding hydrogens is 222 g/mol. The van der Waals surface area contributed by atoms with Gasteiger partial charge in [-0.1, -0.05) is 60.2 Å². The van der Waals surface area contributed by atoms with Gasteiger partial charge in [-0.25, -0.2) is 0 Å². The molecule has 0 aliphatic rings. The van der Waals surface area contributed by atoms with E-state index >= 15 is 0 Å². The van der Waals surface area contributed by atoms with Gasteiger partial charge in [-0.15, -0.1) is 5.10 Å². The van der Waals surface area contributed by atoms with Crippen LogP contribution in [0.3, 0.4) is 0 Å². The zero-order valence-corrected chi connectivity index (χ0v) is 10.2. The number of hydrogen-bond donors (Lipinski definition) is 1. The second-order valence-corrected chi connectivity index (χ2v) is 4.01. The van der Waals surface area contributed by atoms with Crippen LogP contribution in [0.15, 0.2) is 64.8 Å². The van der Waals surface area contributed by atoms with E-state index in [1.165, 1.54) is 5.56 Å². The molecule has 0 amide bonds. The fraction of sp³-hybridized carbons (Fsp3) is 0.0667. The molecule has 90 valence electrons. The molecular formula is C15H15N3. The number of nitrogens with zero attached hydrogens (tertiary/aromatic N) is 2. The third kappa shape index (κ3) is 3.28. The van der Waals surface area contributed by atoms with E-state index in [1.54, 1.807) is 6.21 Å². The molecule has 3 heteroatoms. The minimum Gasteiger partial charge on any atom is -0.382 e. The predicted molar refractivity (Wildman–Crippen MR) is 75.9 cm³/mol. The van der Waals surface area contributed by atoms with Crippen molar-refractivity contribution in [2.45, 2.75) is 6.92 Å². The predicted octanol–water partition coefficient (Wildman–Crippen LogP) is 2.73. The smallest absolute Gasteiger partial charge is 0.153 e. The molecule has 0 atom stereocenters. The Hall–Kier alpha value is -2.42. The number of hydrogen-bond acceptors (Lipinski definition) is 2. The van der Waals surface area contributed by atoms with Crippen LogP contribution >= 0.6 is 0 Å². The van der Waals surface area contributed by atoms with Gasteiger partial charge in [0.2, 0.25) is 0 Å². The van der Waals surface area contributed by atoms with Gasteiger partial charge in [0.1, 0.15) is 0 Å². The Bertz CT molecular complexity index is 571. The lowest BCUT2D eigenvalue weighted by molar-refractivity contribution is 1.23. The van der Waals surface area contributed by atoms with Gasteiger partial charge < -0.3 is 5.73 Å². The second kappa shape index (κ2) is 5.77. The summed E-state index contributed by atoms with van der Waals surface area (Å²) in [7, 11) is 0. The van der Waals surface area contributed by atoms with E-state index in [-0.39, 0.29) is 0 Å². The van der Waals surface area contributed by atoms with Gasteiger partial charge in [0, 0.05) is 5.56 Å². The first-order chi connectivity index (χ1) is 8.75. The van der Waals surface area contributed by atoms with Gasteiger partial charge in [-0.05, 0) is 12.5 Å². The van der Waals surface area contributed by atoms with Gasteiger partial charge in [0.25, 0.3) is 0 Å². The van der Waals surface area contributed by atoms with E-state index in [0.717, 1.165) is 11.1 Å². The van der Waals surface area contributed by atoms with E-state index in [9.17, 15) is 0 Å². The van der Waals surface area contributed by atoms with Gasteiger partial charge in [-0.2, -0.15) is 5.10 Å². The van der Waals surface area contributed by atoms with Gasteiger partial charge >= 0.3 is 0 Å². The Balaban J connectivity index is 2.11. The van der Waals surface area contributed by atoms with Crippen LogP contribution in [-0.2, 0) is 0 Å². The van der Waals surface area contributed by atoms with Gasteiger partial charge in [-0.3, -0.25) is 0 Å². The fourth-order valence-corrected chi connectivity index (χ4v) is 1.57. The highest BCUT2D eigenvalue weighted by Crippen LogP contribution is 2.01. The van der Waals surface area contributed by atoms with Crippen molar-refractivity contribution in [3.63, 3.8) is 0 Å². The molecule has 0 saturated heterocycles. The lowest BCUT2D eigenvalue weighted by atomic mass is 10.2. The van der Waals surface area contributed by atoms with Crippen LogP contribution in [-0.4, -0.2) is 12.1 Å². The fourth-order valence-electron chi connectivity index (χ4n) is 1.57. The Morgan fingerprint density at radius 1 is 1.06 bits per heavy atom. The lowest BCUT2D eigenvalue weighted by Gasteiger charge is -1.97. The molecule has 0 aliphatic carbocycles. The van der Waals surface area contributed by atoms with Crippen molar-refractivity contribution in [3.05, 3.63) is 71.3 Å². The average Bonchev–Trinajstić information content (AvgIpc) is 2.40. The standard InChI is InChI=1S/C15H15N3/c1-12-6-5-7-13(10-12)11-17-18-15(16)14-8-3-2-4-9-14/h2-11H,1H3,(H2,16,18). The topological polar surface area (TPSA) is 50.7 Å². The van der Waals surface area contributed by atoms with Crippen LogP contribution in [0.5, 0.6) is 0 Å². The van der Waals surface area contributed by atoms with Crippen molar-refractivity contribution in [3.8, 4) is 0 Å². The first-order valence-electron chi connectivity index (χ1n) is 5.74. The van der Waals surface area contributed by atoms with Crippen molar-refractivity contribution in [2.24, 2.45) is 15.9 Å². The van der Waals surface area contributed by atoms with Gasteiger partial charge in [0.05, 0.1) is 6.21 Å². The summed E-state index contributed by atoms with van der Waals surface area (Å²) in [5.74, 6) is 0.416. The summed E-state index contributed by atoms with van der Waals surface area (Å²) < 4.78 is 0. The molecule has 2 rings (SSSR count). The largest absolute Gasteiger partial charge is 0.382 e. The van der Waals surface area contributed by atoms with Crippen molar-refractivity contribution >= 4 is 12.1 Å². The molecule has 0 heterocycles. The number of benzene rings is 2. The van der Waals surface area contributed by atoms with Crippen molar-refractivity contribution < 1.29 is 0 Å². The molecule has 3 nitrogen and oxygen atoms in total. The van der Waals surface area contributed by atoms with E-state index < -0.39 is 0 Å². The number of nitrogens with two attached hydrogens (primary N) is 1. The van der Waals surface area contributed by atoms with Crippen molar-refractivity contribution in [1.82, 2.24) is 0 Å². The quantitative estimate of drug-likeness (QED) is 0.498. The summed E-state index contributed by atoms with van der Waals surface area (Å²) in [5, 5.41) is 7.98. The van der Waals surface area contributed by atoms with Crippen LogP contribution in [0.2, 0.25) is 0 Å². The summed E-state index contributed by atoms with van der Waals surface area (Å²) in [5.41, 5.74) is 8.91. The third-order valence-corrected chi connectivity index (χ3v) is 2.48. The van der Waals surface area contributed by atoms with Crippen LogP contribution in [0.4, 0.5) is 0 Å². The van der Waals surface area contributed by atoms with Crippen LogP contribution in [0.1, 0.15) is 16.7 Å². The van der Waals surface area contributed by atoms with E-state index in [1.807, 2.05) is 61.5 Å². The summed E-state index contributed by atoms with van der Waals surface area (Å²) in [6.07, 6.45) is 1.70. The van der Waals surface area contributed by atoms with Crippen LogP contribution in [0.25, 0.3) is 0 Å². The Morgan fingerprint density at radius 2 is 1.83 bits per heavy atom. The maximum atomic E-state index is 5.83. The van der Waals surface area contributed by atoms with E-state index in [0.29, 0.717) is 5.84 Å². The summed E-state index contributed by atoms with van der Waals surface area (Å²) in [6.45, 7) is 2.04. The molecule has 2 N–H and O–H groups in total. The Morgan fingerprint density at radius 3 is 2.56 bits per heavy atom. The first kappa shape index (κ1) is 12.0. The average molecular weight is 237 g/mol. The molecule has 0 aromatic heterocycles. The summed E-state index contributed by atoms with van der Waals surface area (Å²) in [4.78, 5) is 0. The molecule has 0 bridgehead atoms. The Kier molecular flexibility index (Phi) is 3.86. The highest BCUT2D eigenvalue weighted by molar-refractivity contribution is 5.97. The monoisotopic (exact) mass is 237 g/mol. The zero-order chi connectivity index (χ0) is 12.8. The molecule has 0 radical (unpaired) electrons. The Labute approximate surface area is 107 Å². The van der Waals surface area contributed by atoms with E-state index in [4.69, 9.17) is 5.73 Å². The van der Waals surface area contributed by atoms with Crippen molar-refractivity contribution in [1.29, 1.82) is 0 Å². The van der Waals surface area contributed by atoms with Gasteiger partial charge in [0.15, 0.2) is 5.84 Å². The maximum Gasteiger partial charge on any atom is 0.153 e. The number of aryl methyl sites for hydroxylation is 1. The molecule has 0 spiro atoms. The SMILES string of the molecule is Cc1cccc(C=NN=C(N)c2ccccc2)c1. The van der Waals surface area contributed by atoms with E-state index in [2.05, 4.69) is 10.2 Å². The molecule has 0 saturated carbocycles. The van der Waals surface area contributed by atoms with Crippen molar-refractivity contribution in [2.75, 3.05) is 0 Å². The summed E-state index contributed by atoms with van der Waals surface area (Å²) in [6, 6.07) is 17.6. The normalized spacial score (nSPS) is 11.9. The molecule has 18 heavy (non-hydrogen) atoms. The summed E-state index contributed by atoms with van der Waals surface area (Å²) >= 11 is 0. The molecule has 2 aromatic rings. The maximum absolute atomic E-state index is 5.83. The molecule has 2 aromatic carbocycles. The lowest BCUT2D eigenvalue weighted by Crippen LogP contribution is -2.12. The number of rotatable bonds is 3. The first-order valence-corrected chi connectivity index (χ1v) is 5.74. The molecule has 0 unspecified atom stereocenters. The highest BCUT2D eigenvalue weighted by atomic mass is 15.2. The van der Waals surface area contributed by atoms with Crippen LogP contribution < -0.4 is 5.73 Å². The third-order valence-electron chi connectivity index (χ3n) is 2.48.